The minimum atomic E-state index is -0.788. The van der Waals surface area contributed by atoms with Crippen molar-refractivity contribution in [1.82, 2.24) is 4.98 Å². The second kappa shape index (κ2) is 11.1. The number of methoxy groups -OCH3 is 1. The van der Waals surface area contributed by atoms with Gasteiger partial charge in [0.25, 0.3) is 0 Å². The third-order valence-electron chi connectivity index (χ3n) is 4.85. The number of pyridine rings is 1. The number of thioether (sulfide) groups is 1. The van der Waals surface area contributed by atoms with Crippen molar-refractivity contribution in [2.45, 2.75) is 32.7 Å². The van der Waals surface area contributed by atoms with Crippen LogP contribution < -0.4 is 10.1 Å². The number of hydrogen-bond donors (Lipinski definition) is 1. The normalized spacial score (nSPS) is 10.7. The monoisotopic (exact) mass is 486 g/mol. The number of nitrogens with one attached hydrogen (secondary N) is 1. The fraction of sp³-hybridized carbons (Fsp3) is 0.333. The van der Waals surface area contributed by atoms with Crippen LogP contribution in [0.5, 0.6) is 5.75 Å². The number of furan rings is 1. The summed E-state index contributed by atoms with van der Waals surface area (Å²) in [5.74, 6) is -1.35. The highest BCUT2D eigenvalue weighted by molar-refractivity contribution is 7.99. The Hall–Kier alpha value is -3.53. The van der Waals surface area contributed by atoms with Crippen LogP contribution in [0.25, 0.3) is 10.9 Å². The molecule has 3 rings (SSSR count). The number of aromatic nitrogens is 1. The highest BCUT2D eigenvalue weighted by Gasteiger charge is 2.31. The Labute approximate surface area is 201 Å². The van der Waals surface area contributed by atoms with E-state index in [0.717, 1.165) is 10.9 Å². The van der Waals surface area contributed by atoms with Crippen molar-refractivity contribution in [3.05, 3.63) is 46.7 Å². The van der Waals surface area contributed by atoms with Gasteiger partial charge in [-0.05, 0) is 45.4 Å². The minimum Gasteiger partial charge on any atom is -0.494 e. The SMILES string of the molecule is CCOC(=O)c1c(C)oc(NC(=O)CSc2cc(C)c3cccc(OC)c3n2)c1C(=O)OCC. The van der Waals surface area contributed by atoms with Crippen LogP contribution in [0.15, 0.2) is 33.7 Å². The van der Waals surface area contributed by atoms with Gasteiger partial charge in [-0.3, -0.25) is 10.1 Å². The number of esters is 2. The number of rotatable bonds is 9. The number of hydrogen-bond acceptors (Lipinski definition) is 9. The van der Waals surface area contributed by atoms with Gasteiger partial charge in [0, 0.05) is 5.39 Å². The summed E-state index contributed by atoms with van der Waals surface area (Å²) in [6, 6.07) is 7.57. The van der Waals surface area contributed by atoms with Gasteiger partial charge in [-0.25, -0.2) is 14.6 Å². The molecule has 1 N–H and O–H groups in total. The molecule has 2 heterocycles. The van der Waals surface area contributed by atoms with E-state index in [-0.39, 0.29) is 41.7 Å². The lowest BCUT2D eigenvalue weighted by atomic mass is 10.1. The van der Waals surface area contributed by atoms with Gasteiger partial charge in [0.2, 0.25) is 11.8 Å². The Morgan fingerprint density at radius 1 is 1.06 bits per heavy atom. The Morgan fingerprint density at radius 3 is 2.38 bits per heavy atom. The molecule has 0 spiro atoms. The summed E-state index contributed by atoms with van der Waals surface area (Å²) in [6.45, 7) is 6.96. The fourth-order valence-corrected chi connectivity index (χ4v) is 4.15. The summed E-state index contributed by atoms with van der Waals surface area (Å²) in [7, 11) is 1.58. The summed E-state index contributed by atoms with van der Waals surface area (Å²) in [5.41, 5.74) is 1.47. The molecule has 0 atom stereocenters. The van der Waals surface area contributed by atoms with Crippen LogP contribution in [0.2, 0.25) is 0 Å². The topological polar surface area (TPSA) is 117 Å². The lowest BCUT2D eigenvalue weighted by Gasteiger charge is -2.10. The molecule has 0 aliphatic carbocycles. The number of benzene rings is 1. The van der Waals surface area contributed by atoms with Crippen molar-refractivity contribution in [2.75, 3.05) is 31.4 Å². The molecule has 0 unspecified atom stereocenters. The van der Waals surface area contributed by atoms with Crippen LogP contribution in [0, 0.1) is 13.8 Å². The number of ether oxygens (including phenoxy) is 3. The summed E-state index contributed by atoms with van der Waals surface area (Å²) in [6.07, 6.45) is 0. The standard InChI is InChI=1S/C24H26N2O7S/c1-6-31-23(28)19-14(4)33-22(20(19)24(29)32-7-2)25-17(27)12-34-18-11-13(3)15-9-8-10-16(30-5)21(15)26-18/h8-11H,6-7,12H2,1-5H3,(H,25,27). The number of fused-ring (bicyclic) bond motifs is 1. The van der Waals surface area contributed by atoms with Gasteiger partial charge >= 0.3 is 11.9 Å². The fourth-order valence-electron chi connectivity index (χ4n) is 3.38. The maximum atomic E-state index is 12.7. The highest BCUT2D eigenvalue weighted by atomic mass is 32.2. The van der Waals surface area contributed by atoms with E-state index in [1.165, 1.54) is 18.7 Å². The first-order valence-corrected chi connectivity index (χ1v) is 11.6. The largest absolute Gasteiger partial charge is 0.494 e. The zero-order chi connectivity index (χ0) is 24.8. The van der Waals surface area contributed by atoms with Gasteiger partial charge in [0.15, 0.2) is 0 Å². The third kappa shape index (κ3) is 5.33. The Bertz CT molecular complexity index is 1240. The third-order valence-corrected chi connectivity index (χ3v) is 5.76. The molecule has 3 aromatic rings. The molecule has 0 aliphatic rings. The average molecular weight is 487 g/mol. The minimum absolute atomic E-state index is 0.0101. The molecule has 180 valence electrons. The van der Waals surface area contributed by atoms with Gasteiger partial charge < -0.3 is 18.6 Å². The van der Waals surface area contributed by atoms with Crippen molar-refractivity contribution in [2.24, 2.45) is 0 Å². The van der Waals surface area contributed by atoms with Crippen LogP contribution in [-0.2, 0) is 14.3 Å². The quantitative estimate of drug-likeness (QED) is 0.344. The number of anilines is 1. The van der Waals surface area contributed by atoms with E-state index in [9.17, 15) is 14.4 Å². The van der Waals surface area contributed by atoms with E-state index in [0.29, 0.717) is 16.3 Å². The molecule has 1 aromatic carbocycles. The molecule has 0 fully saturated rings. The van der Waals surface area contributed by atoms with Crippen molar-refractivity contribution >= 4 is 46.4 Å². The van der Waals surface area contributed by atoms with Gasteiger partial charge in [-0.15, -0.1) is 0 Å². The Balaban J connectivity index is 1.82. The number of amides is 1. The van der Waals surface area contributed by atoms with Crippen molar-refractivity contribution in [1.29, 1.82) is 0 Å². The summed E-state index contributed by atoms with van der Waals surface area (Å²) in [5, 5.41) is 4.17. The number of nitrogens with zero attached hydrogens (tertiary/aromatic N) is 1. The van der Waals surface area contributed by atoms with Crippen molar-refractivity contribution in [3.63, 3.8) is 0 Å². The number of carbonyl (C=O) groups is 3. The zero-order valence-electron chi connectivity index (χ0n) is 19.6. The number of carbonyl (C=O) groups excluding carboxylic acids is 3. The smallest absolute Gasteiger partial charge is 0.344 e. The molecule has 9 nitrogen and oxygen atoms in total. The Morgan fingerprint density at radius 2 is 1.74 bits per heavy atom. The van der Waals surface area contributed by atoms with E-state index in [2.05, 4.69) is 10.3 Å². The first kappa shape index (κ1) is 25.1. The van der Waals surface area contributed by atoms with Crippen molar-refractivity contribution in [3.8, 4) is 5.75 Å². The average Bonchev–Trinajstić information content (AvgIpc) is 3.13. The Kier molecular flexibility index (Phi) is 8.17. The summed E-state index contributed by atoms with van der Waals surface area (Å²) in [4.78, 5) is 42.2. The molecule has 0 saturated heterocycles. The maximum absolute atomic E-state index is 12.7. The number of para-hydroxylation sites is 1. The van der Waals surface area contributed by atoms with Crippen molar-refractivity contribution < 1.29 is 33.0 Å². The van der Waals surface area contributed by atoms with Crippen LogP contribution in [-0.4, -0.2) is 48.9 Å². The molecule has 0 bridgehead atoms. The molecule has 0 aliphatic heterocycles. The van der Waals surface area contributed by atoms with E-state index >= 15 is 0 Å². The second-order valence-corrected chi connectivity index (χ2v) is 8.14. The summed E-state index contributed by atoms with van der Waals surface area (Å²) >= 11 is 1.22. The highest BCUT2D eigenvalue weighted by Crippen LogP contribution is 2.31. The van der Waals surface area contributed by atoms with E-state index in [1.54, 1.807) is 21.0 Å². The molecule has 34 heavy (non-hydrogen) atoms. The maximum Gasteiger partial charge on any atom is 0.344 e. The lowest BCUT2D eigenvalue weighted by molar-refractivity contribution is -0.113. The number of aryl methyl sites for hydroxylation is 2. The van der Waals surface area contributed by atoms with Crippen LogP contribution in [0.1, 0.15) is 45.9 Å². The van der Waals surface area contributed by atoms with Crippen LogP contribution in [0.3, 0.4) is 0 Å². The van der Waals surface area contributed by atoms with Crippen LogP contribution in [0.4, 0.5) is 5.88 Å². The predicted molar refractivity (Wildman–Crippen MR) is 128 cm³/mol. The van der Waals surface area contributed by atoms with Gasteiger partial charge in [0.05, 0.1) is 31.1 Å². The van der Waals surface area contributed by atoms with E-state index in [1.807, 2.05) is 31.2 Å². The van der Waals surface area contributed by atoms with E-state index < -0.39 is 17.8 Å². The predicted octanol–water partition coefficient (Wildman–Crippen LogP) is 4.54. The van der Waals surface area contributed by atoms with Crippen LogP contribution >= 0.6 is 11.8 Å². The van der Waals surface area contributed by atoms with Gasteiger partial charge in [-0.1, -0.05) is 23.9 Å². The molecule has 10 heteroatoms. The zero-order valence-corrected chi connectivity index (χ0v) is 20.5. The van der Waals surface area contributed by atoms with E-state index in [4.69, 9.17) is 18.6 Å². The second-order valence-electron chi connectivity index (χ2n) is 7.15. The summed E-state index contributed by atoms with van der Waals surface area (Å²) < 4.78 is 21.0. The lowest BCUT2D eigenvalue weighted by Crippen LogP contribution is -2.18. The molecular weight excluding hydrogens is 460 g/mol. The molecule has 2 aromatic heterocycles. The molecular formula is C24H26N2O7S. The molecule has 0 saturated carbocycles. The first-order valence-electron chi connectivity index (χ1n) is 10.6. The van der Waals surface area contributed by atoms with Gasteiger partial charge in [0.1, 0.15) is 28.2 Å². The molecule has 0 radical (unpaired) electrons. The first-order chi connectivity index (χ1) is 16.3. The molecule has 1 amide bonds. The van der Waals surface area contributed by atoms with Gasteiger partial charge in [-0.2, -0.15) is 0 Å².